The van der Waals surface area contributed by atoms with Crippen LogP contribution in [0.3, 0.4) is 0 Å². The van der Waals surface area contributed by atoms with E-state index in [2.05, 4.69) is 5.32 Å². The van der Waals surface area contributed by atoms with E-state index in [-0.39, 0.29) is 17.1 Å². The van der Waals surface area contributed by atoms with E-state index in [4.69, 9.17) is 11.6 Å². The number of amides is 1. The van der Waals surface area contributed by atoms with Gasteiger partial charge in [0.05, 0.1) is 16.7 Å². The van der Waals surface area contributed by atoms with Crippen molar-refractivity contribution in [3.63, 3.8) is 0 Å². The number of nitrogens with zero attached hydrogens (tertiary/aromatic N) is 1. The maximum absolute atomic E-state index is 13.4. The Kier molecular flexibility index (Phi) is 5.53. The number of benzene rings is 1. The molecule has 6 heteroatoms. The summed E-state index contributed by atoms with van der Waals surface area (Å²) >= 11 is 5.75. The standard InChI is InChI=1S/C12H16ClFN2O2/c1-16(2)7-8(17)6-15-12(18)11-9(13)4-3-5-10(11)14/h3-5,8,17H,6-7H2,1-2H3,(H,15,18). The second kappa shape index (κ2) is 6.68. The average Bonchev–Trinajstić information content (AvgIpc) is 2.25. The molecular weight excluding hydrogens is 259 g/mol. The SMILES string of the molecule is CN(C)CC(O)CNC(=O)c1c(F)cccc1Cl. The molecule has 1 atom stereocenters. The van der Waals surface area contributed by atoms with Crippen molar-refractivity contribution >= 4 is 17.5 Å². The maximum Gasteiger partial charge on any atom is 0.255 e. The van der Waals surface area contributed by atoms with Crippen molar-refractivity contribution in [3.8, 4) is 0 Å². The zero-order valence-electron chi connectivity index (χ0n) is 10.3. The molecule has 18 heavy (non-hydrogen) atoms. The molecule has 0 heterocycles. The molecule has 0 saturated carbocycles. The van der Waals surface area contributed by atoms with Crippen LogP contribution in [-0.4, -0.2) is 49.2 Å². The summed E-state index contributed by atoms with van der Waals surface area (Å²) in [6.45, 7) is 0.451. The predicted molar refractivity (Wildman–Crippen MR) is 68.3 cm³/mol. The topological polar surface area (TPSA) is 52.6 Å². The fourth-order valence-corrected chi connectivity index (χ4v) is 1.75. The van der Waals surface area contributed by atoms with Gasteiger partial charge in [-0.25, -0.2) is 4.39 Å². The number of likely N-dealkylation sites (N-methyl/N-ethyl adjacent to an activating group) is 1. The summed E-state index contributed by atoms with van der Waals surface area (Å²) in [5, 5.41) is 12.1. The van der Waals surface area contributed by atoms with Crippen molar-refractivity contribution in [1.29, 1.82) is 0 Å². The molecule has 0 aliphatic heterocycles. The van der Waals surface area contributed by atoms with Crippen LogP contribution in [0, 0.1) is 5.82 Å². The number of carbonyl (C=O) groups is 1. The van der Waals surface area contributed by atoms with Crippen molar-refractivity contribution in [2.45, 2.75) is 6.10 Å². The molecule has 1 aromatic carbocycles. The summed E-state index contributed by atoms with van der Waals surface area (Å²) in [6, 6.07) is 4.03. The van der Waals surface area contributed by atoms with Gasteiger partial charge in [0.1, 0.15) is 5.82 Å². The molecule has 1 aromatic rings. The molecule has 0 aromatic heterocycles. The van der Waals surface area contributed by atoms with Crippen molar-refractivity contribution in [3.05, 3.63) is 34.6 Å². The minimum absolute atomic E-state index is 0.0433. The first-order valence-corrected chi connectivity index (χ1v) is 5.84. The highest BCUT2D eigenvalue weighted by Gasteiger charge is 2.16. The second-order valence-corrected chi connectivity index (χ2v) is 4.63. The number of nitrogens with one attached hydrogen (secondary N) is 1. The summed E-state index contributed by atoms with van der Waals surface area (Å²) in [7, 11) is 3.61. The van der Waals surface area contributed by atoms with Gasteiger partial charge in [-0.15, -0.1) is 0 Å². The van der Waals surface area contributed by atoms with Crippen LogP contribution in [0.4, 0.5) is 4.39 Å². The van der Waals surface area contributed by atoms with Crippen molar-refractivity contribution in [2.24, 2.45) is 0 Å². The van der Waals surface area contributed by atoms with Gasteiger partial charge in [-0.05, 0) is 26.2 Å². The molecule has 0 aliphatic rings. The van der Waals surface area contributed by atoms with Gasteiger partial charge in [-0.3, -0.25) is 4.79 Å². The molecule has 0 saturated heterocycles. The van der Waals surface area contributed by atoms with Crippen LogP contribution in [0.5, 0.6) is 0 Å². The van der Waals surface area contributed by atoms with Crippen LogP contribution in [0.2, 0.25) is 5.02 Å². The summed E-state index contributed by atoms with van der Waals surface area (Å²) < 4.78 is 13.4. The minimum Gasteiger partial charge on any atom is -0.390 e. The van der Waals surface area contributed by atoms with Gasteiger partial charge >= 0.3 is 0 Å². The number of aliphatic hydroxyl groups excluding tert-OH is 1. The summed E-state index contributed by atoms with van der Waals surface area (Å²) in [5.41, 5.74) is -0.198. The molecule has 4 nitrogen and oxygen atoms in total. The van der Waals surface area contributed by atoms with Gasteiger partial charge in [0.15, 0.2) is 0 Å². The zero-order chi connectivity index (χ0) is 13.7. The van der Waals surface area contributed by atoms with E-state index in [1.165, 1.54) is 12.1 Å². The lowest BCUT2D eigenvalue weighted by atomic mass is 10.2. The van der Waals surface area contributed by atoms with Gasteiger partial charge in [-0.1, -0.05) is 17.7 Å². The lowest BCUT2D eigenvalue weighted by molar-refractivity contribution is 0.0888. The van der Waals surface area contributed by atoms with E-state index in [0.29, 0.717) is 6.54 Å². The number of halogens is 2. The normalized spacial score (nSPS) is 12.6. The Hall–Kier alpha value is -1.17. The van der Waals surface area contributed by atoms with E-state index >= 15 is 0 Å². The van der Waals surface area contributed by atoms with Crippen molar-refractivity contribution in [2.75, 3.05) is 27.2 Å². The lowest BCUT2D eigenvalue weighted by Crippen LogP contribution is -2.38. The molecule has 2 N–H and O–H groups in total. The molecule has 0 spiro atoms. The predicted octanol–water partition coefficient (Wildman–Crippen LogP) is 1.13. The lowest BCUT2D eigenvalue weighted by Gasteiger charge is -2.16. The summed E-state index contributed by atoms with van der Waals surface area (Å²) in [5.74, 6) is -1.31. The monoisotopic (exact) mass is 274 g/mol. The number of hydrogen-bond acceptors (Lipinski definition) is 3. The minimum atomic E-state index is -0.713. The highest BCUT2D eigenvalue weighted by Crippen LogP contribution is 2.18. The van der Waals surface area contributed by atoms with E-state index in [1.807, 2.05) is 0 Å². The molecule has 100 valence electrons. The Bertz CT molecular complexity index is 406. The fourth-order valence-electron chi connectivity index (χ4n) is 1.50. The number of rotatable bonds is 5. The third-order valence-electron chi connectivity index (χ3n) is 2.26. The molecule has 0 fully saturated rings. The molecular formula is C12H16ClFN2O2. The van der Waals surface area contributed by atoms with E-state index in [9.17, 15) is 14.3 Å². The first kappa shape index (κ1) is 14.9. The second-order valence-electron chi connectivity index (χ2n) is 4.22. The first-order valence-electron chi connectivity index (χ1n) is 5.47. The van der Waals surface area contributed by atoms with Gasteiger partial charge in [-0.2, -0.15) is 0 Å². The number of carbonyl (C=O) groups excluding carboxylic acids is 1. The largest absolute Gasteiger partial charge is 0.390 e. The Morgan fingerprint density at radius 2 is 2.22 bits per heavy atom. The maximum atomic E-state index is 13.4. The van der Waals surface area contributed by atoms with Gasteiger partial charge in [0.25, 0.3) is 5.91 Å². The zero-order valence-corrected chi connectivity index (χ0v) is 11.0. The van der Waals surface area contributed by atoms with Crippen LogP contribution in [-0.2, 0) is 0 Å². The molecule has 1 unspecified atom stereocenters. The van der Waals surface area contributed by atoms with Crippen LogP contribution < -0.4 is 5.32 Å². The molecule has 0 radical (unpaired) electrons. The van der Waals surface area contributed by atoms with Gasteiger partial charge < -0.3 is 15.3 Å². The molecule has 1 amide bonds. The van der Waals surface area contributed by atoms with Crippen molar-refractivity contribution < 1.29 is 14.3 Å². The Labute approximate surface area is 110 Å². The van der Waals surface area contributed by atoms with Crippen molar-refractivity contribution in [1.82, 2.24) is 10.2 Å². The number of hydrogen-bond donors (Lipinski definition) is 2. The Balaban J connectivity index is 2.61. The fraction of sp³-hybridized carbons (Fsp3) is 0.417. The first-order chi connectivity index (χ1) is 8.41. The van der Waals surface area contributed by atoms with E-state index in [0.717, 1.165) is 6.07 Å². The average molecular weight is 275 g/mol. The van der Waals surface area contributed by atoms with Crippen LogP contribution in [0.1, 0.15) is 10.4 Å². The third-order valence-corrected chi connectivity index (χ3v) is 2.58. The molecule has 0 aliphatic carbocycles. The summed E-state index contributed by atoms with van der Waals surface area (Å²) in [6.07, 6.45) is -0.713. The highest BCUT2D eigenvalue weighted by molar-refractivity contribution is 6.33. The van der Waals surface area contributed by atoms with Gasteiger partial charge in [0, 0.05) is 13.1 Å². The summed E-state index contributed by atoms with van der Waals surface area (Å²) in [4.78, 5) is 13.5. The highest BCUT2D eigenvalue weighted by atomic mass is 35.5. The third kappa shape index (κ3) is 4.25. The number of aliphatic hydroxyl groups is 1. The molecule has 1 rings (SSSR count). The quantitative estimate of drug-likeness (QED) is 0.846. The van der Waals surface area contributed by atoms with Gasteiger partial charge in [0.2, 0.25) is 0 Å². The van der Waals surface area contributed by atoms with Crippen LogP contribution >= 0.6 is 11.6 Å². The Morgan fingerprint density at radius 1 is 1.56 bits per heavy atom. The molecule has 0 bridgehead atoms. The Morgan fingerprint density at radius 3 is 2.78 bits per heavy atom. The smallest absolute Gasteiger partial charge is 0.255 e. The van der Waals surface area contributed by atoms with Crippen LogP contribution in [0.15, 0.2) is 18.2 Å². The van der Waals surface area contributed by atoms with E-state index < -0.39 is 17.8 Å². The van der Waals surface area contributed by atoms with E-state index in [1.54, 1.807) is 19.0 Å². The van der Waals surface area contributed by atoms with Crippen LogP contribution in [0.25, 0.3) is 0 Å².